The number of carbonyl (C=O) groups is 1. The lowest BCUT2D eigenvalue weighted by Crippen LogP contribution is -2.47. The zero-order chi connectivity index (χ0) is 12.3. The summed E-state index contributed by atoms with van der Waals surface area (Å²) in [6, 6.07) is 1.06. The van der Waals surface area contributed by atoms with Gasteiger partial charge in [-0.1, -0.05) is 0 Å². The summed E-state index contributed by atoms with van der Waals surface area (Å²) in [5.41, 5.74) is 0. The largest absolute Gasteiger partial charge is 0.352 e. The summed E-state index contributed by atoms with van der Waals surface area (Å²) >= 11 is 1.82. The monoisotopic (exact) mass is 256 g/mol. The van der Waals surface area contributed by atoms with E-state index in [1.54, 1.807) is 0 Å². The molecule has 0 aromatic heterocycles. The van der Waals surface area contributed by atoms with E-state index in [-0.39, 0.29) is 10.7 Å². The fourth-order valence-corrected chi connectivity index (χ4v) is 4.04. The van der Waals surface area contributed by atoms with Crippen LogP contribution in [0.1, 0.15) is 45.4 Å². The van der Waals surface area contributed by atoms with Crippen LogP contribution in [-0.4, -0.2) is 35.5 Å². The van der Waals surface area contributed by atoms with Crippen LogP contribution < -0.4 is 10.6 Å². The van der Waals surface area contributed by atoms with Gasteiger partial charge in [-0.25, -0.2) is 0 Å². The van der Waals surface area contributed by atoms with E-state index in [0.29, 0.717) is 12.1 Å². The molecule has 1 amide bonds. The quantitative estimate of drug-likeness (QED) is 0.810. The maximum absolute atomic E-state index is 12.2. The van der Waals surface area contributed by atoms with E-state index < -0.39 is 0 Å². The van der Waals surface area contributed by atoms with Crippen LogP contribution in [0.3, 0.4) is 0 Å². The first-order chi connectivity index (χ1) is 8.14. The van der Waals surface area contributed by atoms with Gasteiger partial charge in [0.2, 0.25) is 5.91 Å². The molecule has 0 spiro atoms. The molecule has 2 fully saturated rings. The predicted octanol–water partition coefficient (Wildman–Crippen LogP) is 1.92. The molecule has 1 atom stereocenters. The third kappa shape index (κ3) is 3.16. The molecule has 0 radical (unpaired) electrons. The van der Waals surface area contributed by atoms with Crippen molar-refractivity contribution in [3.63, 3.8) is 0 Å². The van der Waals surface area contributed by atoms with E-state index >= 15 is 0 Å². The van der Waals surface area contributed by atoms with Crippen LogP contribution in [0, 0.1) is 0 Å². The fourth-order valence-electron chi connectivity index (χ4n) is 2.82. The molecule has 1 unspecified atom stereocenters. The van der Waals surface area contributed by atoms with Crippen molar-refractivity contribution >= 4 is 17.7 Å². The number of nitrogens with one attached hydrogen (secondary N) is 2. The molecular formula is C13H24N2OS. The van der Waals surface area contributed by atoms with Crippen molar-refractivity contribution in [2.24, 2.45) is 0 Å². The highest BCUT2D eigenvalue weighted by Crippen LogP contribution is 2.38. The predicted molar refractivity (Wildman–Crippen MR) is 73.3 cm³/mol. The van der Waals surface area contributed by atoms with Gasteiger partial charge in [-0.05, 0) is 58.2 Å². The lowest BCUT2D eigenvalue weighted by atomic mass is 9.90. The van der Waals surface area contributed by atoms with Gasteiger partial charge in [-0.3, -0.25) is 4.79 Å². The first kappa shape index (κ1) is 13.2. The summed E-state index contributed by atoms with van der Waals surface area (Å²) in [6.45, 7) is 2.10. The number of amides is 1. The molecule has 98 valence electrons. The van der Waals surface area contributed by atoms with Crippen LogP contribution in [0.4, 0.5) is 0 Å². The van der Waals surface area contributed by atoms with E-state index in [0.717, 1.165) is 25.0 Å². The normalized spacial score (nSPS) is 38.0. The van der Waals surface area contributed by atoms with Crippen LogP contribution in [0.25, 0.3) is 0 Å². The Kier molecular flexibility index (Phi) is 4.36. The molecule has 2 aliphatic rings. The van der Waals surface area contributed by atoms with Crippen molar-refractivity contribution in [2.75, 3.05) is 12.8 Å². The molecule has 1 heterocycles. The lowest BCUT2D eigenvalue weighted by molar-refractivity contribution is -0.124. The summed E-state index contributed by atoms with van der Waals surface area (Å²) < 4.78 is -0.153. The van der Waals surface area contributed by atoms with Gasteiger partial charge in [0.05, 0.1) is 4.75 Å². The Hall–Kier alpha value is -0.220. The summed E-state index contributed by atoms with van der Waals surface area (Å²) in [7, 11) is 2.03. The fraction of sp³-hybridized carbons (Fsp3) is 0.923. The molecule has 1 aliphatic heterocycles. The molecule has 1 saturated carbocycles. The van der Waals surface area contributed by atoms with Crippen LogP contribution in [0.15, 0.2) is 0 Å². The minimum atomic E-state index is -0.153. The highest BCUT2D eigenvalue weighted by Gasteiger charge is 2.38. The van der Waals surface area contributed by atoms with Gasteiger partial charge in [-0.15, -0.1) is 11.8 Å². The Morgan fingerprint density at radius 3 is 2.41 bits per heavy atom. The molecule has 4 heteroatoms. The van der Waals surface area contributed by atoms with Crippen molar-refractivity contribution in [1.82, 2.24) is 10.6 Å². The molecule has 2 N–H and O–H groups in total. The Labute approximate surface area is 108 Å². The molecule has 0 bridgehead atoms. The molecule has 1 aliphatic carbocycles. The van der Waals surface area contributed by atoms with Crippen LogP contribution >= 0.6 is 11.8 Å². The van der Waals surface area contributed by atoms with Crippen molar-refractivity contribution < 1.29 is 4.79 Å². The summed E-state index contributed by atoms with van der Waals surface area (Å²) in [4.78, 5) is 12.2. The smallest absolute Gasteiger partial charge is 0.236 e. The molecule has 0 aromatic carbocycles. The standard InChI is InChI=1S/C13H24N2OS/c1-13(8-3-9-17-13)12(16)15-11-6-4-10(14-2)5-7-11/h10-11,14H,3-9H2,1-2H3,(H,15,16). The van der Waals surface area contributed by atoms with E-state index in [2.05, 4.69) is 17.6 Å². The Bertz CT molecular complexity index is 269. The third-order valence-electron chi connectivity index (χ3n) is 4.17. The van der Waals surface area contributed by atoms with E-state index in [1.165, 1.54) is 19.3 Å². The van der Waals surface area contributed by atoms with Crippen LogP contribution in [0.2, 0.25) is 0 Å². The molecule has 3 nitrogen and oxygen atoms in total. The van der Waals surface area contributed by atoms with Gasteiger partial charge >= 0.3 is 0 Å². The Morgan fingerprint density at radius 2 is 1.88 bits per heavy atom. The van der Waals surface area contributed by atoms with Crippen molar-refractivity contribution in [3.8, 4) is 0 Å². The van der Waals surface area contributed by atoms with Gasteiger partial charge in [0.25, 0.3) is 0 Å². The van der Waals surface area contributed by atoms with Gasteiger partial charge in [0.1, 0.15) is 0 Å². The molecule has 1 saturated heterocycles. The van der Waals surface area contributed by atoms with Gasteiger partial charge < -0.3 is 10.6 Å². The number of hydrogen-bond donors (Lipinski definition) is 2. The van der Waals surface area contributed by atoms with Crippen LogP contribution in [0.5, 0.6) is 0 Å². The average Bonchev–Trinajstić information content (AvgIpc) is 2.78. The van der Waals surface area contributed by atoms with Crippen molar-refractivity contribution in [1.29, 1.82) is 0 Å². The summed E-state index contributed by atoms with van der Waals surface area (Å²) in [6.07, 6.45) is 6.84. The molecule has 2 rings (SSSR count). The van der Waals surface area contributed by atoms with Crippen LogP contribution in [-0.2, 0) is 4.79 Å². The maximum Gasteiger partial charge on any atom is 0.236 e. The molecule has 17 heavy (non-hydrogen) atoms. The second kappa shape index (κ2) is 5.61. The first-order valence-corrected chi connectivity index (χ1v) is 7.75. The second-order valence-electron chi connectivity index (χ2n) is 5.49. The SMILES string of the molecule is CNC1CCC(NC(=O)C2(C)CCCS2)CC1. The average molecular weight is 256 g/mol. The van der Waals surface area contributed by atoms with Crippen molar-refractivity contribution in [2.45, 2.75) is 62.3 Å². The second-order valence-corrected chi connectivity index (χ2v) is 7.09. The maximum atomic E-state index is 12.2. The molecule has 0 aromatic rings. The van der Waals surface area contributed by atoms with E-state index in [1.807, 2.05) is 18.8 Å². The Morgan fingerprint density at radius 1 is 1.24 bits per heavy atom. The van der Waals surface area contributed by atoms with Crippen molar-refractivity contribution in [3.05, 3.63) is 0 Å². The highest BCUT2D eigenvalue weighted by atomic mass is 32.2. The number of rotatable bonds is 3. The van der Waals surface area contributed by atoms with Gasteiger partial charge in [0, 0.05) is 12.1 Å². The molecular weight excluding hydrogens is 232 g/mol. The Balaban J connectivity index is 1.79. The van der Waals surface area contributed by atoms with Gasteiger partial charge in [0.15, 0.2) is 0 Å². The minimum Gasteiger partial charge on any atom is -0.352 e. The summed E-state index contributed by atoms with van der Waals surface area (Å²) in [5.74, 6) is 1.41. The highest BCUT2D eigenvalue weighted by molar-refractivity contribution is 8.01. The number of thioether (sulfide) groups is 1. The minimum absolute atomic E-state index is 0.153. The number of carbonyl (C=O) groups excluding carboxylic acids is 1. The zero-order valence-corrected chi connectivity index (χ0v) is 11.7. The zero-order valence-electron chi connectivity index (χ0n) is 10.9. The van der Waals surface area contributed by atoms with E-state index in [9.17, 15) is 4.79 Å². The topological polar surface area (TPSA) is 41.1 Å². The lowest BCUT2D eigenvalue weighted by Gasteiger charge is -2.31. The summed E-state index contributed by atoms with van der Waals surface area (Å²) in [5, 5.41) is 6.58. The number of hydrogen-bond acceptors (Lipinski definition) is 3. The van der Waals surface area contributed by atoms with E-state index in [4.69, 9.17) is 0 Å². The third-order valence-corrected chi connectivity index (χ3v) is 5.69. The van der Waals surface area contributed by atoms with Gasteiger partial charge in [-0.2, -0.15) is 0 Å². The first-order valence-electron chi connectivity index (χ1n) is 6.76.